The lowest BCUT2D eigenvalue weighted by Crippen LogP contribution is -2.49. The van der Waals surface area contributed by atoms with Gasteiger partial charge in [0.05, 0.1) is 12.2 Å². The van der Waals surface area contributed by atoms with Crippen LogP contribution >= 0.6 is 0 Å². The molecule has 0 unspecified atom stereocenters. The minimum atomic E-state index is -6.41. The van der Waals surface area contributed by atoms with Gasteiger partial charge in [-0.2, -0.15) is 26.0 Å². The van der Waals surface area contributed by atoms with Crippen LogP contribution in [-0.4, -0.2) is 42.5 Å². The lowest BCUT2D eigenvalue weighted by atomic mass is 9.99. The van der Waals surface area contributed by atoms with Gasteiger partial charge < -0.3 is 9.47 Å². The van der Waals surface area contributed by atoms with E-state index in [2.05, 4.69) is 11.3 Å². The molecule has 1 N–H and O–H groups in total. The molecule has 1 rings (SSSR count). The lowest BCUT2D eigenvalue weighted by molar-refractivity contribution is -0.314. The fourth-order valence-corrected chi connectivity index (χ4v) is 2.65. The first-order valence-corrected chi connectivity index (χ1v) is 8.50. The smallest absolute Gasteiger partial charge is 0.456 e. The second kappa shape index (κ2) is 6.96. The molecular weight excluding hydrogens is 360 g/mol. The van der Waals surface area contributed by atoms with Crippen LogP contribution in [0.2, 0.25) is 0 Å². The average Bonchev–Trinajstić information content (AvgIpc) is 2.92. The summed E-state index contributed by atoms with van der Waals surface area (Å²) in [6.45, 7) is 3.50. The van der Waals surface area contributed by atoms with Gasteiger partial charge in [0.2, 0.25) is 0 Å². The zero-order valence-electron chi connectivity index (χ0n) is 12.9. The highest BCUT2D eigenvalue weighted by Crippen LogP contribution is 2.40. The van der Waals surface area contributed by atoms with Crippen LogP contribution in [0.4, 0.5) is 17.6 Å². The molecule has 11 heteroatoms. The van der Waals surface area contributed by atoms with E-state index in [1.165, 1.54) is 0 Å². The van der Waals surface area contributed by atoms with Crippen molar-refractivity contribution in [2.45, 2.75) is 56.0 Å². The molecule has 0 spiro atoms. The molecule has 0 aliphatic heterocycles. The van der Waals surface area contributed by atoms with E-state index < -0.39 is 45.2 Å². The van der Waals surface area contributed by atoms with Crippen molar-refractivity contribution >= 4 is 16.1 Å². The Balaban J connectivity index is 2.70. The SMILES string of the molecule is C=C(COC(F)(F)C(F)(F)S(=O)(=O)O)C(=O)OC1(CC)CCCC1. The second-order valence-electron chi connectivity index (χ2n) is 5.53. The fraction of sp³-hybridized carbons (Fsp3) is 0.769. The summed E-state index contributed by atoms with van der Waals surface area (Å²) in [5, 5.41) is -5.87. The summed E-state index contributed by atoms with van der Waals surface area (Å²) in [4.78, 5) is 11.8. The maximum atomic E-state index is 13.2. The van der Waals surface area contributed by atoms with E-state index in [-0.39, 0.29) is 0 Å². The Morgan fingerprint density at radius 2 is 1.75 bits per heavy atom. The van der Waals surface area contributed by atoms with Crippen molar-refractivity contribution in [1.29, 1.82) is 0 Å². The largest absolute Gasteiger partial charge is 0.459 e. The summed E-state index contributed by atoms with van der Waals surface area (Å²) in [6, 6.07) is 0. The molecule has 0 radical (unpaired) electrons. The first kappa shape index (κ1) is 20.8. The number of alkyl halides is 4. The summed E-state index contributed by atoms with van der Waals surface area (Å²) in [7, 11) is -6.41. The molecule has 0 aromatic heterocycles. The van der Waals surface area contributed by atoms with Crippen molar-refractivity contribution in [3.8, 4) is 0 Å². The summed E-state index contributed by atoms with van der Waals surface area (Å²) in [5.41, 5.74) is -1.43. The number of carbonyl (C=O) groups is 1. The van der Waals surface area contributed by atoms with Crippen LogP contribution in [0, 0.1) is 0 Å². The highest BCUT2D eigenvalue weighted by molar-refractivity contribution is 7.86. The third-order valence-electron chi connectivity index (χ3n) is 3.85. The van der Waals surface area contributed by atoms with E-state index in [4.69, 9.17) is 9.29 Å². The highest BCUT2D eigenvalue weighted by Gasteiger charge is 2.67. The molecule has 0 amide bonds. The number of halogens is 4. The molecule has 140 valence electrons. The molecule has 1 fully saturated rings. The van der Waals surface area contributed by atoms with Gasteiger partial charge in [0.25, 0.3) is 0 Å². The Labute approximate surface area is 136 Å². The van der Waals surface area contributed by atoms with Crippen molar-refractivity contribution in [2.24, 2.45) is 0 Å². The number of rotatable bonds is 8. The zero-order chi connectivity index (χ0) is 18.8. The van der Waals surface area contributed by atoms with Gasteiger partial charge in [-0.1, -0.05) is 13.5 Å². The Bertz CT molecular complexity index is 596. The minimum absolute atomic E-state index is 0.490. The normalized spacial score (nSPS) is 18.4. The Hall–Kier alpha value is -1.20. The van der Waals surface area contributed by atoms with E-state index in [0.29, 0.717) is 19.3 Å². The third kappa shape index (κ3) is 4.25. The van der Waals surface area contributed by atoms with Crippen LogP contribution in [-0.2, 0) is 24.4 Å². The molecule has 1 saturated carbocycles. The first-order chi connectivity index (χ1) is 10.8. The fourth-order valence-electron chi connectivity index (χ4n) is 2.29. The van der Waals surface area contributed by atoms with Crippen LogP contribution in [0.5, 0.6) is 0 Å². The number of hydrogen-bond donors (Lipinski definition) is 1. The standard InChI is InChI=1S/C13H18F4O6S/c1-3-11(6-4-5-7-11)23-10(18)9(2)8-22-12(14,15)13(16,17)24(19,20)21/h2-8H2,1H3,(H,19,20,21). The third-order valence-corrected chi connectivity index (χ3v) is 4.73. The number of carbonyl (C=O) groups excluding carboxylic acids is 1. The molecule has 1 aliphatic rings. The van der Waals surface area contributed by atoms with Gasteiger partial charge in [-0.15, -0.1) is 0 Å². The van der Waals surface area contributed by atoms with E-state index >= 15 is 0 Å². The van der Waals surface area contributed by atoms with E-state index in [9.17, 15) is 30.8 Å². The summed E-state index contributed by atoms with van der Waals surface area (Å²) in [5.74, 6) is -1.09. The molecular formula is C13H18F4O6S. The number of hydrogen-bond acceptors (Lipinski definition) is 5. The van der Waals surface area contributed by atoms with Gasteiger partial charge in [0, 0.05) is 0 Å². The van der Waals surface area contributed by atoms with Crippen molar-refractivity contribution in [3.63, 3.8) is 0 Å². The van der Waals surface area contributed by atoms with Crippen LogP contribution in [0.3, 0.4) is 0 Å². The van der Waals surface area contributed by atoms with Crippen LogP contribution < -0.4 is 0 Å². The van der Waals surface area contributed by atoms with Crippen LogP contribution in [0.25, 0.3) is 0 Å². The topological polar surface area (TPSA) is 89.9 Å². The Morgan fingerprint density at radius 1 is 1.25 bits per heavy atom. The van der Waals surface area contributed by atoms with Gasteiger partial charge in [0.1, 0.15) is 5.60 Å². The predicted octanol–water partition coefficient (Wildman–Crippen LogP) is 2.90. The Morgan fingerprint density at radius 3 is 2.17 bits per heavy atom. The van der Waals surface area contributed by atoms with Crippen LogP contribution in [0.15, 0.2) is 12.2 Å². The molecule has 1 aliphatic carbocycles. The quantitative estimate of drug-likeness (QED) is 0.302. The summed E-state index contributed by atoms with van der Waals surface area (Å²) < 4.78 is 89.7. The number of ether oxygens (including phenoxy) is 2. The lowest BCUT2D eigenvalue weighted by Gasteiger charge is -2.28. The van der Waals surface area contributed by atoms with Gasteiger partial charge >= 0.3 is 27.5 Å². The molecule has 24 heavy (non-hydrogen) atoms. The van der Waals surface area contributed by atoms with Crippen molar-refractivity contribution in [1.82, 2.24) is 0 Å². The van der Waals surface area contributed by atoms with Crippen LogP contribution in [0.1, 0.15) is 39.0 Å². The molecule has 0 aromatic rings. The molecule has 0 heterocycles. The summed E-state index contributed by atoms with van der Waals surface area (Å²) >= 11 is 0. The van der Waals surface area contributed by atoms with Gasteiger partial charge in [-0.25, -0.2) is 4.79 Å². The van der Waals surface area contributed by atoms with E-state index in [1.54, 1.807) is 6.92 Å². The molecule has 0 aromatic carbocycles. The van der Waals surface area contributed by atoms with Gasteiger partial charge in [0.15, 0.2) is 0 Å². The Kier molecular flexibility index (Phi) is 6.05. The van der Waals surface area contributed by atoms with Crippen molar-refractivity contribution in [3.05, 3.63) is 12.2 Å². The number of esters is 1. The maximum absolute atomic E-state index is 13.2. The molecule has 0 atom stereocenters. The predicted molar refractivity (Wildman–Crippen MR) is 74.1 cm³/mol. The van der Waals surface area contributed by atoms with E-state index in [1.807, 2.05) is 0 Å². The minimum Gasteiger partial charge on any atom is -0.456 e. The van der Waals surface area contributed by atoms with Gasteiger partial charge in [-0.3, -0.25) is 4.55 Å². The zero-order valence-corrected chi connectivity index (χ0v) is 13.7. The van der Waals surface area contributed by atoms with E-state index in [0.717, 1.165) is 12.8 Å². The summed E-state index contributed by atoms with van der Waals surface area (Å²) in [6.07, 6.45) is -2.25. The average molecular weight is 378 g/mol. The van der Waals surface area contributed by atoms with Gasteiger partial charge in [-0.05, 0) is 32.1 Å². The maximum Gasteiger partial charge on any atom is 0.459 e. The highest BCUT2D eigenvalue weighted by atomic mass is 32.2. The molecule has 6 nitrogen and oxygen atoms in total. The monoisotopic (exact) mass is 378 g/mol. The second-order valence-corrected chi connectivity index (χ2v) is 7.00. The molecule has 0 bridgehead atoms. The molecule has 0 saturated heterocycles. The first-order valence-electron chi connectivity index (χ1n) is 7.06. The van der Waals surface area contributed by atoms with Crippen molar-refractivity contribution in [2.75, 3.05) is 6.61 Å². The van der Waals surface area contributed by atoms with Crippen molar-refractivity contribution < 1.29 is 44.8 Å².